The van der Waals surface area contributed by atoms with Crippen LogP contribution in [0.15, 0.2) is 58.5 Å². The van der Waals surface area contributed by atoms with Crippen molar-refractivity contribution in [1.82, 2.24) is 25.2 Å². The molecule has 8 nitrogen and oxygen atoms in total. The molecular weight excluding hydrogens is 376 g/mol. The van der Waals surface area contributed by atoms with E-state index in [0.29, 0.717) is 23.9 Å². The second-order valence-electron chi connectivity index (χ2n) is 6.39. The van der Waals surface area contributed by atoms with E-state index in [2.05, 4.69) is 25.8 Å². The third-order valence-electron chi connectivity index (χ3n) is 4.31. The topological polar surface area (TPSA) is 101 Å². The van der Waals surface area contributed by atoms with Crippen molar-refractivity contribution in [2.24, 2.45) is 4.99 Å². The molecule has 0 radical (unpaired) electrons. The van der Waals surface area contributed by atoms with Crippen LogP contribution in [-0.4, -0.2) is 55.4 Å². The fourth-order valence-electron chi connectivity index (χ4n) is 2.80. The van der Waals surface area contributed by atoms with Crippen molar-refractivity contribution >= 4 is 21.4 Å². The number of nitrogens with one attached hydrogen (secondary N) is 2. The Bertz CT molecular complexity index is 1060. The Balaban J connectivity index is 1.45. The highest BCUT2D eigenvalue weighted by Crippen LogP contribution is 2.10. The average Bonchev–Trinajstić information content (AvgIpc) is 3.10. The summed E-state index contributed by atoms with van der Waals surface area (Å²) in [5.41, 5.74) is 1.90. The molecule has 3 aromatic rings. The highest BCUT2D eigenvalue weighted by Gasteiger charge is 2.07. The van der Waals surface area contributed by atoms with Crippen molar-refractivity contribution in [3.05, 3.63) is 60.0 Å². The SMILES string of the molecule is CN=C(NCCc1ccc(S(C)(=O)=O)cc1)NCCc1nnc2ccccn12. The second-order valence-corrected chi connectivity index (χ2v) is 8.40. The average molecular weight is 401 g/mol. The van der Waals surface area contributed by atoms with E-state index >= 15 is 0 Å². The van der Waals surface area contributed by atoms with E-state index in [1.807, 2.05) is 40.9 Å². The molecule has 0 saturated carbocycles. The number of rotatable bonds is 7. The van der Waals surface area contributed by atoms with Crippen LogP contribution in [0.3, 0.4) is 0 Å². The number of benzene rings is 1. The molecule has 0 amide bonds. The molecule has 28 heavy (non-hydrogen) atoms. The van der Waals surface area contributed by atoms with Gasteiger partial charge >= 0.3 is 0 Å². The van der Waals surface area contributed by atoms with Crippen LogP contribution >= 0.6 is 0 Å². The Morgan fingerprint density at radius 3 is 2.43 bits per heavy atom. The van der Waals surface area contributed by atoms with Gasteiger partial charge in [-0.2, -0.15) is 0 Å². The van der Waals surface area contributed by atoms with Gasteiger partial charge in [0, 0.05) is 39.0 Å². The predicted molar refractivity (Wildman–Crippen MR) is 109 cm³/mol. The molecule has 0 aliphatic heterocycles. The summed E-state index contributed by atoms with van der Waals surface area (Å²) in [6.45, 7) is 1.37. The van der Waals surface area contributed by atoms with Crippen LogP contribution in [0.2, 0.25) is 0 Å². The molecule has 2 aromatic heterocycles. The lowest BCUT2D eigenvalue weighted by Crippen LogP contribution is -2.39. The summed E-state index contributed by atoms with van der Waals surface area (Å²) in [5, 5.41) is 14.9. The van der Waals surface area contributed by atoms with E-state index in [0.717, 1.165) is 29.9 Å². The van der Waals surface area contributed by atoms with Crippen molar-refractivity contribution in [1.29, 1.82) is 0 Å². The lowest BCUT2D eigenvalue weighted by atomic mass is 10.1. The highest BCUT2D eigenvalue weighted by molar-refractivity contribution is 7.90. The number of nitrogens with zero attached hydrogens (tertiary/aromatic N) is 4. The first-order chi connectivity index (χ1) is 13.5. The molecule has 9 heteroatoms. The number of sulfone groups is 1. The summed E-state index contributed by atoms with van der Waals surface area (Å²) in [6, 6.07) is 12.8. The molecule has 0 aliphatic carbocycles. The molecule has 0 bridgehead atoms. The zero-order chi connectivity index (χ0) is 20.0. The van der Waals surface area contributed by atoms with Gasteiger partial charge in [0.1, 0.15) is 5.82 Å². The van der Waals surface area contributed by atoms with E-state index in [-0.39, 0.29) is 0 Å². The molecule has 0 fully saturated rings. The molecule has 0 atom stereocenters. The standard InChI is InChI=1S/C19H24N6O2S/c1-20-19(21-12-10-15-6-8-16(9-7-15)28(2,26)27)22-13-11-18-24-23-17-5-3-4-14-25(17)18/h3-9,14H,10-13H2,1-2H3,(H2,20,21,22). The van der Waals surface area contributed by atoms with Crippen molar-refractivity contribution in [3.8, 4) is 0 Å². The van der Waals surface area contributed by atoms with E-state index < -0.39 is 9.84 Å². The van der Waals surface area contributed by atoms with Gasteiger partial charge in [-0.15, -0.1) is 10.2 Å². The molecule has 2 heterocycles. The normalized spacial score (nSPS) is 12.3. The van der Waals surface area contributed by atoms with E-state index in [9.17, 15) is 8.42 Å². The summed E-state index contributed by atoms with van der Waals surface area (Å²) in [7, 11) is -1.43. The molecule has 0 saturated heterocycles. The summed E-state index contributed by atoms with van der Waals surface area (Å²) in [4.78, 5) is 4.55. The molecule has 0 unspecified atom stereocenters. The largest absolute Gasteiger partial charge is 0.356 e. The fourth-order valence-corrected chi connectivity index (χ4v) is 3.43. The number of pyridine rings is 1. The summed E-state index contributed by atoms with van der Waals surface area (Å²) >= 11 is 0. The lowest BCUT2D eigenvalue weighted by molar-refractivity contribution is 0.602. The zero-order valence-electron chi connectivity index (χ0n) is 16.0. The fraction of sp³-hybridized carbons (Fsp3) is 0.316. The van der Waals surface area contributed by atoms with Gasteiger partial charge in [-0.05, 0) is 36.2 Å². The number of fused-ring (bicyclic) bond motifs is 1. The Labute approximate surface area is 164 Å². The Hall–Kier alpha value is -2.94. The minimum atomic E-state index is -3.16. The van der Waals surface area contributed by atoms with Crippen molar-refractivity contribution in [2.45, 2.75) is 17.7 Å². The van der Waals surface area contributed by atoms with Crippen LogP contribution in [0.4, 0.5) is 0 Å². The van der Waals surface area contributed by atoms with Crippen LogP contribution in [0.1, 0.15) is 11.4 Å². The van der Waals surface area contributed by atoms with E-state index in [4.69, 9.17) is 0 Å². The van der Waals surface area contributed by atoms with Crippen LogP contribution < -0.4 is 10.6 Å². The van der Waals surface area contributed by atoms with Crippen molar-refractivity contribution in [2.75, 3.05) is 26.4 Å². The predicted octanol–water partition coefficient (Wildman–Crippen LogP) is 1.08. The van der Waals surface area contributed by atoms with Gasteiger partial charge in [0.25, 0.3) is 0 Å². The summed E-state index contributed by atoms with van der Waals surface area (Å²) in [5.74, 6) is 1.60. The van der Waals surface area contributed by atoms with Crippen LogP contribution in [0.25, 0.3) is 5.65 Å². The van der Waals surface area contributed by atoms with Crippen LogP contribution in [0.5, 0.6) is 0 Å². The number of guanidine groups is 1. The molecule has 1 aromatic carbocycles. The first-order valence-electron chi connectivity index (χ1n) is 8.99. The summed E-state index contributed by atoms with van der Waals surface area (Å²) in [6.07, 6.45) is 4.65. The molecule has 148 valence electrons. The number of hydrogen-bond donors (Lipinski definition) is 2. The van der Waals surface area contributed by atoms with Gasteiger partial charge in [0.05, 0.1) is 4.90 Å². The van der Waals surface area contributed by atoms with Crippen molar-refractivity contribution < 1.29 is 8.42 Å². The van der Waals surface area contributed by atoms with Gasteiger partial charge in [0.15, 0.2) is 21.4 Å². The maximum atomic E-state index is 11.5. The minimum absolute atomic E-state index is 0.336. The highest BCUT2D eigenvalue weighted by atomic mass is 32.2. The monoisotopic (exact) mass is 400 g/mol. The Kier molecular flexibility index (Phi) is 6.25. The van der Waals surface area contributed by atoms with Crippen LogP contribution in [0, 0.1) is 0 Å². The maximum Gasteiger partial charge on any atom is 0.191 e. The zero-order valence-corrected chi connectivity index (χ0v) is 16.8. The van der Waals surface area contributed by atoms with Gasteiger partial charge in [-0.25, -0.2) is 8.42 Å². The third kappa shape index (κ3) is 5.07. The molecule has 3 rings (SSSR count). The molecular formula is C19H24N6O2S. The number of aromatic nitrogens is 3. The van der Waals surface area contributed by atoms with Crippen molar-refractivity contribution in [3.63, 3.8) is 0 Å². The third-order valence-corrected chi connectivity index (χ3v) is 5.44. The first kappa shape index (κ1) is 19.8. The Morgan fingerprint density at radius 1 is 1.04 bits per heavy atom. The summed E-state index contributed by atoms with van der Waals surface area (Å²) < 4.78 is 25.0. The van der Waals surface area contributed by atoms with Gasteiger partial charge < -0.3 is 10.6 Å². The number of aliphatic imine (C=N–C) groups is 1. The van der Waals surface area contributed by atoms with Gasteiger partial charge in [-0.1, -0.05) is 18.2 Å². The van der Waals surface area contributed by atoms with Crippen LogP contribution in [-0.2, 0) is 22.7 Å². The van der Waals surface area contributed by atoms with Gasteiger partial charge in [-0.3, -0.25) is 9.39 Å². The quantitative estimate of drug-likeness (QED) is 0.455. The first-order valence-corrected chi connectivity index (χ1v) is 10.9. The Morgan fingerprint density at radius 2 is 1.75 bits per heavy atom. The van der Waals surface area contributed by atoms with E-state index in [1.54, 1.807) is 19.2 Å². The van der Waals surface area contributed by atoms with Gasteiger partial charge in [0.2, 0.25) is 0 Å². The number of hydrogen-bond acceptors (Lipinski definition) is 5. The maximum absolute atomic E-state index is 11.5. The molecule has 2 N–H and O–H groups in total. The second kappa shape index (κ2) is 8.83. The molecule has 0 aliphatic rings. The molecule has 0 spiro atoms. The lowest BCUT2D eigenvalue weighted by Gasteiger charge is -2.11. The minimum Gasteiger partial charge on any atom is -0.356 e. The smallest absolute Gasteiger partial charge is 0.191 e. The van der Waals surface area contributed by atoms with E-state index in [1.165, 1.54) is 6.26 Å².